The molecule has 0 aliphatic carbocycles. The monoisotopic (exact) mass is 332 g/mol. The van der Waals surface area contributed by atoms with Gasteiger partial charge < -0.3 is 4.57 Å². The molecule has 6 nitrogen and oxygen atoms in total. The Kier molecular flexibility index (Phi) is 4.89. The Morgan fingerprint density at radius 1 is 1.46 bits per heavy atom. The lowest BCUT2D eigenvalue weighted by Gasteiger charge is -2.32. The Morgan fingerprint density at radius 2 is 2.29 bits per heavy atom. The van der Waals surface area contributed by atoms with Crippen LogP contribution in [0.2, 0.25) is 0 Å². The van der Waals surface area contributed by atoms with Crippen LogP contribution in [0.5, 0.6) is 0 Å². The first-order valence-electron chi connectivity index (χ1n) is 8.14. The number of halogens is 1. The van der Waals surface area contributed by atoms with Crippen molar-refractivity contribution in [3.05, 3.63) is 57.9 Å². The van der Waals surface area contributed by atoms with Crippen LogP contribution < -0.4 is 0 Å². The van der Waals surface area contributed by atoms with Crippen molar-refractivity contribution >= 4 is 5.69 Å². The number of nitro benzene ring substituents is 1. The van der Waals surface area contributed by atoms with E-state index in [1.54, 1.807) is 0 Å². The lowest BCUT2D eigenvalue weighted by Crippen LogP contribution is -2.36. The largest absolute Gasteiger partial charge is 0.338 e. The smallest absolute Gasteiger partial charge is 0.272 e. The SMILES string of the molecule is Cn1ccnc1C[C@@H]1CCCN(Cc2ccc([N+](=O)[O-])cc2F)C1. The van der Waals surface area contributed by atoms with Crippen LogP contribution in [0.25, 0.3) is 0 Å². The van der Waals surface area contributed by atoms with E-state index < -0.39 is 10.7 Å². The number of likely N-dealkylation sites (tertiary alicyclic amines) is 1. The van der Waals surface area contributed by atoms with Gasteiger partial charge in [0.25, 0.3) is 5.69 Å². The molecule has 1 saturated heterocycles. The van der Waals surface area contributed by atoms with E-state index in [1.807, 2.05) is 24.0 Å². The number of imidazole rings is 1. The Morgan fingerprint density at radius 3 is 2.96 bits per heavy atom. The van der Waals surface area contributed by atoms with E-state index in [2.05, 4.69) is 9.88 Å². The average Bonchev–Trinajstić information content (AvgIpc) is 2.94. The number of aromatic nitrogens is 2. The van der Waals surface area contributed by atoms with E-state index in [-0.39, 0.29) is 5.69 Å². The molecule has 128 valence electrons. The molecule has 1 aliphatic rings. The maximum atomic E-state index is 14.1. The van der Waals surface area contributed by atoms with Crippen molar-refractivity contribution in [1.82, 2.24) is 14.5 Å². The van der Waals surface area contributed by atoms with Gasteiger partial charge in [-0.3, -0.25) is 15.0 Å². The van der Waals surface area contributed by atoms with Gasteiger partial charge in [-0.05, 0) is 31.4 Å². The standard InChI is InChI=1S/C17H21FN4O2/c1-20-8-6-19-17(20)9-13-3-2-7-21(11-13)12-14-4-5-15(22(23)24)10-16(14)18/h4-6,8,10,13H,2-3,7,9,11-12H2,1H3/t13-/m0/s1. The van der Waals surface area contributed by atoms with E-state index in [0.29, 0.717) is 18.0 Å². The highest BCUT2D eigenvalue weighted by molar-refractivity contribution is 5.34. The van der Waals surface area contributed by atoms with Gasteiger partial charge in [-0.1, -0.05) is 0 Å². The Hall–Kier alpha value is -2.28. The number of nitro groups is 1. The summed E-state index contributed by atoms with van der Waals surface area (Å²) in [7, 11) is 2.00. The predicted octanol–water partition coefficient (Wildman–Crippen LogP) is 2.92. The van der Waals surface area contributed by atoms with Crippen molar-refractivity contribution in [2.45, 2.75) is 25.8 Å². The van der Waals surface area contributed by atoms with Crippen LogP contribution in [0.15, 0.2) is 30.6 Å². The summed E-state index contributed by atoms with van der Waals surface area (Å²) in [6.45, 7) is 2.30. The molecule has 1 atom stereocenters. The van der Waals surface area contributed by atoms with Crippen LogP contribution >= 0.6 is 0 Å². The molecule has 1 aromatic heterocycles. The maximum Gasteiger partial charge on any atom is 0.272 e. The number of benzene rings is 1. The molecule has 24 heavy (non-hydrogen) atoms. The first-order chi connectivity index (χ1) is 11.5. The van der Waals surface area contributed by atoms with Crippen molar-refractivity contribution < 1.29 is 9.31 Å². The lowest BCUT2D eigenvalue weighted by atomic mass is 9.94. The molecule has 0 amide bonds. The zero-order valence-corrected chi connectivity index (χ0v) is 13.7. The molecule has 3 rings (SSSR count). The van der Waals surface area contributed by atoms with Crippen molar-refractivity contribution in [2.75, 3.05) is 13.1 Å². The fourth-order valence-electron chi connectivity index (χ4n) is 3.33. The van der Waals surface area contributed by atoms with Gasteiger partial charge in [0, 0.05) is 50.6 Å². The molecule has 0 bridgehead atoms. The minimum Gasteiger partial charge on any atom is -0.338 e. The second kappa shape index (κ2) is 7.09. The molecule has 0 saturated carbocycles. The zero-order chi connectivity index (χ0) is 17.1. The topological polar surface area (TPSA) is 64.2 Å². The lowest BCUT2D eigenvalue weighted by molar-refractivity contribution is -0.385. The molecule has 7 heteroatoms. The Labute approximate surface area is 140 Å². The van der Waals surface area contributed by atoms with Crippen molar-refractivity contribution in [2.24, 2.45) is 13.0 Å². The van der Waals surface area contributed by atoms with Gasteiger partial charge in [-0.15, -0.1) is 0 Å². The molecule has 1 aromatic carbocycles. The van der Waals surface area contributed by atoms with Crippen LogP contribution in [0, 0.1) is 21.8 Å². The fourth-order valence-corrected chi connectivity index (χ4v) is 3.33. The molecule has 0 spiro atoms. The second-order valence-corrected chi connectivity index (χ2v) is 6.43. The van der Waals surface area contributed by atoms with Crippen LogP contribution in [0.3, 0.4) is 0 Å². The van der Waals surface area contributed by atoms with Crippen LogP contribution in [0.1, 0.15) is 24.2 Å². The van der Waals surface area contributed by atoms with E-state index in [0.717, 1.165) is 44.2 Å². The molecule has 0 radical (unpaired) electrons. The van der Waals surface area contributed by atoms with Crippen molar-refractivity contribution in [1.29, 1.82) is 0 Å². The highest BCUT2D eigenvalue weighted by Gasteiger charge is 2.22. The molecule has 0 N–H and O–H groups in total. The molecule has 1 aliphatic heterocycles. The predicted molar refractivity (Wildman–Crippen MR) is 88.0 cm³/mol. The number of hydrogen-bond acceptors (Lipinski definition) is 4. The van der Waals surface area contributed by atoms with Gasteiger partial charge >= 0.3 is 0 Å². The summed E-state index contributed by atoms with van der Waals surface area (Å²) in [6, 6.07) is 3.90. The van der Waals surface area contributed by atoms with Crippen LogP contribution in [0.4, 0.5) is 10.1 Å². The number of nitrogens with zero attached hydrogens (tertiary/aromatic N) is 4. The molecule has 0 unspecified atom stereocenters. The van der Waals surface area contributed by atoms with Gasteiger partial charge in [0.05, 0.1) is 11.0 Å². The van der Waals surface area contributed by atoms with Gasteiger partial charge in [-0.25, -0.2) is 9.37 Å². The quantitative estimate of drug-likeness (QED) is 0.624. The van der Waals surface area contributed by atoms with E-state index in [1.165, 1.54) is 12.1 Å². The summed E-state index contributed by atoms with van der Waals surface area (Å²) in [4.78, 5) is 16.7. The summed E-state index contributed by atoms with van der Waals surface area (Å²) < 4.78 is 16.1. The van der Waals surface area contributed by atoms with E-state index >= 15 is 0 Å². The summed E-state index contributed by atoms with van der Waals surface area (Å²) in [5, 5.41) is 10.7. The molecule has 2 heterocycles. The second-order valence-electron chi connectivity index (χ2n) is 6.43. The summed E-state index contributed by atoms with van der Waals surface area (Å²) >= 11 is 0. The third kappa shape index (κ3) is 3.79. The molecule has 2 aromatic rings. The molecule has 1 fully saturated rings. The number of aryl methyl sites for hydroxylation is 1. The first kappa shape index (κ1) is 16.6. The van der Waals surface area contributed by atoms with Crippen LogP contribution in [-0.4, -0.2) is 32.5 Å². The van der Waals surface area contributed by atoms with Crippen molar-refractivity contribution in [3.8, 4) is 0 Å². The fraction of sp³-hybridized carbons (Fsp3) is 0.471. The number of piperidine rings is 1. The normalized spacial score (nSPS) is 18.7. The van der Waals surface area contributed by atoms with Crippen molar-refractivity contribution in [3.63, 3.8) is 0 Å². The maximum absolute atomic E-state index is 14.1. The third-order valence-corrected chi connectivity index (χ3v) is 4.64. The Balaban J connectivity index is 1.63. The number of rotatable bonds is 5. The average molecular weight is 332 g/mol. The van der Waals surface area contributed by atoms with Gasteiger partial charge in [-0.2, -0.15) is 0 Å². The summed E-state index contributed by atoms with van der Waals surface area (Å²) in [5.41, 5.74) is 0.306. The van der Waals surface area contributed by atoms with E-state index in [4.69, 9.17) is 0 Å². The first-order valence-corrected chi connectivity index (χ1v) is 8.14. The third-order valence-electron chi connectivity index (χ3n) is 4.64. The minimum atomic E-state index is -0.573. The highest BCUT2D eigenvalue weighted by Crippen LogP contribution is 2.23. The zero-order valence-electron chi connectivity index (χ0n) is 13.7. The van der Waals surface area contributed by atoms with Gasteiger partial charge in [0.15, 0.2) is 0 Å². The highest BCUT2D eigenvalue weighted by atomic mass is 19.1. The summed E-state index contributed by atoms with van der Waals surface area (Å²) in [5.74, 6) is 1.07. The van der Waals surface area contributed by atoms with Gasteiger partial charge in [0.1, 0.15) is 11.6 Å². The summed E-state index contributed by atoms with van der Waals surface area (Å²) in [6.07, 6.45) is 6.89. The molecular weight excluding hydrogens is 311 g/mol. The minimum absolute atomic E-state index is 0.206. The van der Waals surface area contributed by atoms with Crippen LogP contribution in [-0.2, 0) is 20.0 Å². The van der Waals surface area contributed by atoms with E-state index in [9.17, 15) is 14.5 Å². The number of hydrogen-bond donors (Lipinski definition) is 0. The van der Waals surface area contributed by atoms with Gasteiger partial charge in [0.2, 0.25) is 0 Å². The Bertz CT molecular complexity index is 731. The molecular formula is C17H21FN4O2. The number of non-ortho nitro benzene ring substituents is 1.